The lowest BCUT2D eigenvalue weighted by Gasteiger charge is -2.50. The summed E-state index contributed by atoms with van der Waals surface area (Å²) in [6.07, 6.45) is 4.98. The molecular weight excluding hydrogens is 298 g/mol. The van der Waals surface area contributed by atoms with Crippen molar-refractivity contribution in [3.8, 4) is 11.5 Å². The molecule has 3 nitrogen and oxygen atoms in total. The fourth-order valence-electron chi connectivity index (χ4n) is 4.33. The van der Waals surface area contributed by atoms with Crippen LogP contribution >= 0.6 is 0 Å². The van der Waals surface area contributed by atoms with Crippen LogP contribution in [0.2, 0.25) is 0 Å². The number of ether oxygens (including phenoxy) is 1. The Balaban J connectivity index is 1.85. The number of benzene rings is 2. The first kappa shape index (κ1) is 15.4. The molecule has 1 fully saturated rings. The summed E-state index contributed by atoms with van der Waals surface area (Å²) in [5.41, 5.74) is 6.33. The molecule has 0 unspecified atom stereocenters. The fourth-order valence-corrected chi connectivity index (χ4v) is 4.33. The quantitative estimate of drug-likeness (QED) is 0.855. The Hall–Kier alpha value is -2.16. The second-order valence-corrected chi connectivity index (χ2v) is 7.47. The highest BCUT2D eigenvalue weighted by Gasteiger charge is 2.43. The molecule has 1 aliphatic heterocycles. The second kappa shape index (κ2) is 5.44. The minimum absolute atomic E-state index is 0.376. The van der Waals surface area contributed by atoms with Crippen molar-refractivity contribution < 1.29 is 9.84 Å². The van der Waals surface area contributed by atoms with Gasteiger partial charge in [-0.2, -0.15) is 0 Å². The number of nitrogens with zero attached hydrogens (tertiary/aromatic N) is 1. The molecule has 2 aliphatic rings. The molecule has 1 spiro atoms. The Bertz CT molecular complexity index is 775. The van der Waals surface area contributed by atoms with Crippen molar-refractivity contribution in [1.29, 1.82) is 0 Å². The van der Waals surface area contributed by atoms with Crippen molar-refractivity contribution in [3.05, 3.63) is 47.0 Å². The Morgan fingerprint density at radius 1 is 1.08 bits per heavy atom. The van der Waals surface area contributed by atoms with Crippen LogP contribution in [0.15, 0.2) is 30.3 Å². The van der Waals surface area contributed by atoms with Crippen molar-refractivity contribution in [1.82, 2.24) is 0 Å². The molecular formula is C21H25NO2. The Morgan fingerprint density at radius 2 is 1.79 bits per heavy atom. The van der Waals surface area contributed by atoms with Crippen molar-refractivity contribution >= 4 is 11.4 Å². The van der Waals surface area contributed by atoms with Gasteiger partial charge < -0.3 is 14.7 Å². The number of hydrogen-bond acceptors (Lipinski definition) is 3. The van der Waals surface area contributed by atoms with Crippen molar-refractivity contribution in [3.63, 3.8) is 0 Å². The van der Waals surface area contributed by atoms with Gasteiger partial charge in [0.05, 0.1) is 7.11 Å². The Labute approximate surface area is 143 Å². The van der Waals surface area contributed by atoms with Gasteiger partial charge in [-0.1, -0.05) is 6.42 Å². The summed E-state index contributed by atoms with van der Waals surface area (Å²) in [7, 11) is 1.70. The maximum atomic E-state index is 10.3. The monoisotopic (exact) mass is 323 g/mol. The molecule has 1 aliphatic carbocycles. The normalized spacial score (nSPS) is 18.2. The average Bonchev–Trinajstić information content (AvgIpc) is 2.57. The number of phenolic OH excluding ortho intramolecular Hbond substituents is 1. The zero-order valence-electron chi connectivity index (χ0n) is 14.7. The highest BCUT2D eigenvalue weighted by atomic mass is 16.5. The molecule has 1 heterocycles. The highest BCUT2D eigenvalue weighted by Crippen LogP contribution is 2.53. The van der Waals surface area contributed by atoms with Gasteiger partial charge in [0, 0.05) is 17.9 Å². The molecule has 2 aromatic rings. The van der Waals surface area contributed by atoms with E-state index in [1.807, 2.05) is 25.1 Å². The molecule has 0 bridgehead atoms. The summed E-state index contributed by atoms with van der Waals surface area (Å²) < 4.78 is 5.31. The minimum atomic E-state index is 0.376. The third-order valence-electron chi connectivity index (χ3n) is 6.04. The maximum absolute atomic E-state index is 10.3. The molecule has 3 heteroatoms. The van der Waals surface area contributed by atoms with Crippen LogP contribution in [-0.4, -0.2) is 18.8 Å². The lowest BCUT2D eigenvalue weighted by Crippen LogP contribution is -2.46. The number of phenols is 1. The summed E-state index contributed by atoms with van der Waals surface area (Å²) in [5.74, 6) is 1.31. The molecule has 1 saturated carbocycles. The van der Waals surface area contributed by atoms with Gasteiger partial charge in [-0.05, 0) is 85.5 Å². The van der Waals surface area contributed by atoms with Gasteiger partial charge in [-0.15, -0.1) is 0 Å². The maximum Gasteiger partial charge on any atom is 0.119 e. The number of methoxy groups -OCH3 is 1. The molecule has 0 radical (unpaired) electrons. The van der Waals surface area contributed by atoms with E-state index in [0.717, 1.165) is 24.3 Å². The van der Waals surface area contributed by atoms with Crippen LogP contribution in [0.1, 0.15) is 36.0 Å². The van der Waals surface area contributed by atoms with Gasteiger partial charge in [0.1, 0.15) is 11.5 Å². The van der Waals surface area contributed by atoms with E-state index in [-0.39, 0.29) is 0 Å². The largest absolute Gasteiger partial charge is 0.508 e. The lowest BCUT2D eigenvalue weighted by atomic mass is 9.63. The third-order valence-corrected chi connectivity index (χ3v) is 6.04. The Morgan fingerprint density at radius 3 is 2.38 bits per heavy atom. The SMILES string of the molecule is COc1ccc(N2CC3(CCC3)Cc3cc(O)c(C)c(C)c32)cc1. The van der Waals surface area contributed by atoms with E-state index in [2.05, 4.69) is 24.0 Å². The zero-order valence-corrected chi connectivity index (χ0v) is 14.7. The molecule has 1 N–H and O–H groups in total. The molecule has 0 aromatic heterocycles. The second-order valence-electron chi connectivity index (χ2n) is 7.47. The summed E-state index contributed by atoms with van der Waals surface area (Å²) in [6, 6.07) is 10.3. The van der Waals surface area contributed by atoms with Crippen molar-refractivity contribution in [2.45, 2.75) is 39.5 Å². The smallest absolute Gasteiger partial charge is 0.119 e. The molecule has 0 amide bonds. The van der Waals surface area contributed by atoms with E-state index in [9.17, 15) is 5.11 Å². The molecule has 0 atom stereocenters. The van der Waals surface area contributed by atoms with E-state index < -0.39 is 0 Å². The summed E-state index contributed by atoms with van der Waals surface area (Å²) in [4.78, 5) is 2.46. The van der Waals surface area contributed by atoms with E-state index in [0.29, 0.717) is 11.2 Å². The van der Waals surface area contributed by atoms with Crippen LogP contribution in [0, 0.1) is 19.3 Å². The first-order chi connectivity index (χ1) is 11.5. The van der Waals surface area contributed by atoms with Gasteiger partial charge >= 0.3 is 0 Å². The molecule has 4 rings (SSSR count). The molecule has 0 saturated heterocycles. The van der Waals surface area contributed by atoms with Crippen LogP contribution < -0.4 is 9.64 Å². The Kier molecular flexibility index (Phi) is 3.48. The average molecular weight is 323 g/mol. The lowest BCUT2D eigenvalue weighted by molar-refractivity contribution is 0.138. The van der Waals surface area contributed by atoms with Gasteiger partial charge in [0.15, 0.2) is 0 Å². The van der Waals surface area contributed by atoms with Crippen LogP contribution in [0.5, 0.6) is 11.5 Å². The van der Waals surface area contributed by atoms with E-state index >= 15 is 0 Å². The van der Waals surface area contributed by atoms with Crippen molar-refractivity contribution in [2.24, 2.45) is 5.41 Å². The van der Waals surface area contributed by atoms with Crippen LogP contribution in [0.3, 0.4) is 0 Å². The first-order valence-corrected chi connectivity index (χ1v) is 8.77. The van der Waals surface area contributed by atoms with Crippen molar-refractivity contribution in [2.75, 3.05) is 18.6 Å². The number of fused-ring (bicyclic) bond motifs is 1. The summed E-state index contributed by atoms with van der Waals surface area (Å²) in [5, 5.41) is 10.3. The minimum Gasteiger partial charge on any atom is -0.508 e. The number of rotatable bonds is 2. The van der Waals surface area contributed by atoms with Crippen LogP contribution in [-0.2, 0) is 6.42 Å². The van der Waals surface area contributed by atoms with E-state index in [4.69, 9.17) is 4.74 Å². The fraction of sp³-hybridized carbons (Fsp3) is 0.429. The number of anilines is 2. The van der Waals surface area contributed by atoms with Gasteiger partial charge in [-0.25, -0.2) is 0 Å². The summed E-state index contributed by atoms with van der Waals surface area (Å²) in [6.45, 7) is 5.20. The standard InChI is InChI=1S/C21H25NO2/c1-14-15(2)20-16(11-19(14)23)12-21(9-4-10-21)13-22(20)17-5-7-18(24-3)8-6-17/h5-8,11,23H,4,9-10,12-13H2,1-3H3. The molecule has 126 valence electrons. The van der Waals surface area contributed by atoms with E-state index in [1.165, 1.54) is 41.8 Å². The zero-order chi connectivity index (χ0) is 16.9. The van der Waals surface area contributed by atoms with Crippen LogP contribution in [0.4, 0.5) is 11.4 Å². The van der Waals surface area contributed by atoms with Gasteiger partial charge in [-0.3, -0.25) is 0 Å². The van der Waals surface area contributed by atoms with Crippen LogP contribution in [0.25, 0.3) is 0 Å². The number of aromatic hydroxyl groups is 1. The molecule has 2 aromatic carbocycles. The van der Waals surface area contributed by atoms with Gasteiger partial charge in [0.25, 0.3) is 0 Å². The van der Waals surface area contributed by atoms with E-state index in [1.54, 1.807) is 7.11 Å². The highest BCUT2D eigenvalue weighted by molar-refractivity contribution is 5.74. The molecule has 24 heavy (non-hydrogen) atoms. The predicted molar refractivity (Wildman–Crippen MR) is 97.6 cm³/mol. The summed E-state index contributed by atoms with van der Waals surface area (Å²) >= 11 is 0. The number of hydrogen-bond donors (Lipinski definition) is 1. The predicted octanol–water partition coefficient (Wildman–Crippen LogP) is 4.88. The van der Waals surface area contributed by atoms with Gasteiger partial charge in [0.2, 0.25) is 0 Å². The first-order valence-electron chi connectivity index (χ1n) is 8.77. The topological polar surface area (TPSA) is 32.7 Å². The third kappa shape index (κ3) is 2.26.